The van der Waals surface area contributed by atoms with Crippen LogP contribution in [0.3, 0.4) is 0 Å². The Bertz CT molecular complexity index is 2240. The van der Waals surface area contributed by atoms with Gasteiger partial charge < -0.3 is 33.8 Å². The molecular formula is C79H138O17P2. The molecule has 5 unspecified atom stereocenters. The summed E-state index contributed by atoms with van der Waals surface area (Å²) in [7, 11) is -9.96. The van der Waals surface area contributed by atoms with Crippen molar-refractivity contribution in [1.82, 2.24) is 0 Å². The zero-order valence-corrected chi connectivity index (χ0v) is 63.5. The van der Waals surface area contributed by atoms with E-state index in [0.29, 0.717) is 25.7 Å². The summed E-state index contributed by atoms with van der Waals surface area (Å²) in [5.74, 6) is -2.21. The summed E-state index contributed by atoms with van der Waals surface area (Å²) in [6.07, 6.45) is 73.9. The molecular weight excluding hydrogens is 1280 g/mol. The SMILES string of the molecule is CC/C=C\C/C=C\C/C=C\CCCCCCCCCC(=O)OCC(COP(=O)(O)OCC(O)COP(=O)(O)OCC(COC(=O)CCCCCCC/C=C\CCCCCCCC)OC(=O)CCCCCCC/C=C\C/C=C\CCC)OC(=O)CCCCCCC/C=C\C/C=C\CCC. The first-order chi connectivity index (χ1) is 47.7. The maximum atomic E-state index is 13.1. The molecule has 0 saturated heterocycles. The lowest BCUT2D eigenvalue weighted by Crippen LogP contribution is -2.30. The second kappa shape index (κ2) is 71.4. The minimum Gasteiger partial charge on any atom is -0.462 e. The number of unbranched alkanes of at least 4 members (excludes halogenated alkanes) is 30. The molecule has 98 heavy (non-hydrogen) atoms. The maximum absolute atomic E-state index is 13.1. The smallest absolute Gasteiger partial charge is 0.462 e. The van der Waals surface area contributed by atoms with Gasteiger partial charge in [0.25, 0.3) is 0 Å². The van der Waals surface area contributed by atoms with E-state index in [1.54, 1.807) is 0 Å². The minimum atomic E-state index is -4.98. The van der Waals surface area contributed by atoms with Crippen LogP contribution in [0.4, 0.5) is 0 Å². The molecule has 19 heteroatoms. The molecule has 0 aliphatic heterocycles. The fraction of sp³-hybridized carbons (Fsp3) is 0.747. The van der Waals surface area contributed by atoms with Gasteiger partial charge in [0.2, 0.25) is 0 Å². The molecule has 0 aliphatic carbocycles. The van der Waals surface area contributed by atoms with Crippen LogP contribution in [0.2, 0.25) is 0 Å². The van der Waals surface area contributed by atoms with E-state index in [0.717, 1.165) is 205 Å². The van der Waals surface area contributed by atoms with E-state index in [9.17, 15) is 43.2 Å². The highest BCUT2D eigenvalue weighted by Crippen LogP contribution is 2.45. The van der Waals surface area contributed by atoms with Gasteiger partial charge in [-0.3, -0.25) is 37.3 Å². The van der Waals surface area contributed by atoms with Gasteiger partial charge in [-0.2, -0.15) is 0 Å². The normalized spacial score (nSPS) is 14.5. The molecule has 0 aromatic heterocycles. The number of aliphatic hydroxyl groups excluding tert-OH is 1. The Morgan fingerprint density at radius 2 is 0.551 bits per heavy atom. The van der Waals surface area contributed by atoms with Gasteiger partial charge in [0, 0.05) is 25.7 Å². The molecule has 0 bridgehead atoms. The number of rotatable bonds is 72. The third-order valence-corrected chi connectivity index (χ3v) is 17.9. The van der Waals surface area contributed by atoms with E-state index in [2.05, 4.69) is 125 Å². The zero-order chi connectivity index (χ0) is 71.8. The van der Waals surface area contributed by atoms with Gasteiger partial charge in [0.15, 0.2) is 12.2 Å². The molecule has 0 aliphatic rings. The standard InChI is InChI=1S/C79H138O17P2/c1-5-9-13-17-21-25-29-33-35-36-38-42-44-48-52-56-60-64-77(82)90-70-75(96-79(84)66-62-58-54-50-46-40-32-28-24-20-16-12-8-4)72-94-98(87,88)92-68-73(80)67-91-97(85,86)93-71-74(95-78(83)65-61-57-53-49-45-39-31-27-23-19-15-11-7-3)69-89-76(81)63-59-55-51-47-43-41-37-34-30-26-22-18-14-10-6-2/h9,13,15-16,19-21,25,27-28,31-35,37,73-75,80H,5-8,10-12,14,17-18,22-24,26,29-30,36,38-72H2,1-4H3,(H,85,86)(H,87,88)/b13-9-,19-15-,20-16-,25-21-,31-27-,32-28-,35-33-,37-34-. The Balaban J connectivity index is 5.34. The van der Waals surface area contributed by atoms with Gasteiger partial charge in [0.1, 0.15) is 19.3 Å². The lowest BCUT2D eigenvalue weighted by molar-refractivity contribution is -0.161. The monoisotopic (exact) mass is 1420 g/mol. The second-order valence-corrected chi connectivity index (χ2v) is 28.5. The van der Waals surface area contributed by atoms with Crippen molar-refractivity contribution in [1.29, 1.82) is 0 Å². The molecule has 0 aromatic rings. The number of phosphoric ester groups is 2. The van der Waals surface area contributed by atoms with Gasteiger partial charge in [-0.25, -0.2) is 9.13 Å². The lowest BCUT2D eigenvalue weighted by atomic mass is 10.1. The molecule has 0 amide bonds. The summed E-state index contributed by atoms with van der Waals surface area (Å²) >= 11 is 0. The minimum absolute atomic E-state index is 0.0759. The van der Waals surface area contributed by atoms with E-state index in [1.165, 1.54) is 38.5 Å². The van der Waals surface area contributed by atoms with Crippen molar-refractivity contribution in [3.05, 3.63) is 97.2 Å². The number of aliphatic hydroxyl groups is 1. The number of hydrogen-bond acceptors (Lipinski definition) is 15. The third kappa shape index (κ3) is 70.4. The first-order valence-electron chi connectivity index (χ1n) is 38.5. The largest absolute Gasteiger partial charge is 0.472 e. The predicted molar refractivity (Wildman–Crippen MR) is 399 cm³/mol. The van der Waals surface area contributed by atoms with Gasteiger partial charge in [0.05, 0.1) is 26.4 Å². The van der Waals surface area contributed by atoms with Crippen molar-refractivity contribution in [2.75, 3.05) is 39.6 Å². The van der Waals surface area contributed by atoms with Crippen LogP contribution in [0.5, 0.6) is 0 Å². The molecule has 5 atom stereocenters. The average molecular weight is 1420 g/mol. The molecule has 17 nitrogen and oxygen atoms in total. The number of phosphoric acid groups is 2. The molecule has 0 aromatic carbocycles. The number of allylic oxidation sites excluding steroid dienone is 16. The van der Waals surface area contributed by atoms with Crippen LogP contribution in [-0.2, 0) is 65.4 Å². The number of carbonyl (C=O) groups excluding carboxylic acids is 4. The van der Waals surface area contributed by atoms with E-state index >= 15 is 0 Å². The Kier molecular flexibility index (Phi) is 68.4. The third-order valence-electron chi connectivity index (χ3n) is 16.0. The molecule has 3 N–H and O–H groups in total. The first-order valence-corrected chi connectivity index (χ1v) is 41.5. The average Bonchev–Trinajstić information content (AvgIpc) is 0.969. The fourth-order valence-corrected chi connectivity index (χ4v) is 11.7. The number of ether oxygens (including phenoxy) is 4. The Hall–Kier alpha value is -4.02. The number of esters is 4. The van der Waals surface area contributed by atoms with Gasteiger partial charge in [-0.1, -0.05) is 260 Å². The summed E-state index contributed by atoms with van der Waals surface area (Å²) in [6.45, 7) is 4.60. The van der Waals surface area contributed by atoms with Crippen LogP contribution >= 0.6 is 15.6 Å². The zero-order valence-electron chi connectivity index (χ0n) is 61.7. The number of hydrogen-bond donors (Lipinski definition) is 3. The van der Waals surface area contributed by atoms with E-state index in [1.807, 2.05) is 0 Å². The van der Waals surface area contributed by atoms with Crippen LogP contribution in [0.15, 0.2) is 97.2 Å². The summed E-state index contributed by atoms with van der Waals surface area (Å²) in [5.41, 5.74) is 0. The van der Waals surface area contributed by atoms with Crippen LogP contribution in [0.25, 0.3) is 0 Å². The molecule has 0 heterocycles. The summed E-state index contributed by atoms with van der Waals surface area (Å²) in [6, 6.07) is 0. The topological polar surface area (TPSA) is 237 Å². The number of carbonyl (C=O) groups is 4. The maximum Gasteiger partial charge on any atom is 0.472 e. The van der Waals surface area contributed by atoms with Gasteiger partial charge in [-0.15, -0.1) is 0 Å². The summed E-state index contributed by atoms with van der Waals surface area (Å²) in [5, 5.41) is 10.6. The summed E-state index contributed by atoms with van der Waals surface area (Å²) in [4.78, 5) is 72.8. The molecule has 566 valence electrons. The quantitative estimate of drug-likeness (QED) is 0.0169. The molecule has 0 spiro atoms. The fourth-order valence-electron chi connectivity index (χ4n) is 10.1. The molecule has 0 saturated carbocycles. The molecule has 0 fully saturated rings. The molecule has 0 radical (unpaired) electrons. The summed E-state index contributed by atoms with van der Waals surface area (Å²) < 4.78 is 68.5. The van der Waals surface area contributed by atoms with E-state index in [-0.39, 0.29) is 25.7 Å². The Morgan fingerprint density at radius 3 is 0.867 bits per heavy atom. The second-order valence-electron chi connectivity index (χ2n) is 25.6. The van der Waals surface area contributed by atoms with Gasteiger partial charge >= 0.3 is 39.5 Å². The van der Waals surface area contributed by atoms with Gasteiger partial charge in [-0.05, 0) is 135 Å². The highest BCUT2D eigenvalue weighted by Gasteiger charge is 2.30. The Labute approximate surface area is 595 Å². The van der Waals surface area contributed by atoms with Crippen LogP contribution in [0.1, 0.15) is 323 Å². The van der Waals surface area contributed by atoms with Crippen molar-refractivity contribution in [3.63, 3.8) is 0 Å². The van der Waals surface area contributed by atoms with E-state index in [4.69, 9.17) is 37.0 Å². The molecule has 0 rings (SSSR count). The van der Waals surface area contributed by atoms with Crippen molar-refractivity contribution in [2.45, 2.75) is 341 Å². The van der Waals surface area contributed by atoms with Crippen molar-refractivity contribution >= 4 is 39.5 Å². The Morgan fingerprint density at radius 1 is 0.296 bits per heavy atom. The van der Waals surface area contributed by atoms with Crippen LogP contribution in [0, 0.1) is 0 Å². The van der Waals surface area contributed by atoms with Crippen molar-refractivity contribution in [3.8, 4) is 0 Å². The lowest BCUT2D eigenvalue weighted by Gasteiger charge is -2.21. The highest BCUT2D eigenvalue weighted by molar-refractivity contribution is 7.47. The van der Waals surface area contributed by atoms with Crippen LogP contribution in [-0.4, -0.2) is 96.7 Å². The highest BCUT2D eigenvalue weighted by atomic mass is 31.2. The van der Waals surface area contributed by atoms with Crippen molar-refractivity contribution < 1.29 is 80.2 Å². The van der Waals surface area contributed by atoms with Crippen molar-refractivity contribution in [2.24, 2.45) is 0 Å². The van der Waals surface area contributed by atoms with Crippen LogP contribution < -0.4 is 0 Å². The predicted octanol–water partition coefficient (Wildman–Crippen LogP) is 22.0. The first kappa shape index (κ1) is 94.0. The van der Waals surface area contributed by atoms with E-state index < -0.39 is 97.5 Å².